The normalized spacial score (nSPS) is 24.1. The van der Waals surface area contributed by atoms with E-state index >= 15 is 0 Å². The molecule has 0 saturated carbocycles. The predicted octanol–water partition coefficient (Wildman–Crippen LogP) is 4.18. The molecule has 0 radical (unpaired) electrons. The van der Waals surface area contributed by atoms with Crippen LogP contribution in [0.2, 0.25) is 0 Å². The summed E-state index contributed by atoms with van der Waals surface area (Å²) in [6.07, 6.45) is 8.38. The zero-order valence-corrected chi connectivity index (χ0v) is 14.8. The van der Waals surface area contributed by atoms with E-state index in [0.29, 0.717) is 17.7 Å². The SMILES string of the molecule is CCCCC(CC)CN1C(=O)C(CC(C)C)NC1CCC. The van der Waals surface area contributed by atoms with E-state index in [-0.39, 0.29) is 12.2 Å². The fraction of sp³-hybridized carbons (Fsp3) is 0.944. The summed E-state index contributed by atoms with van der Waals surface area (Å²) in [6.45, 7) is 12.0. The van der Waals surface area contributed by atoms with Crippen LogP contribution in [0.4, 0.5) is 0 Å². The van der Waals surface area contributed by atoms with Crippen molar-refractivity contribution < 1.29 is 4.79 Å². The highest BCUT2D eigenvalue weighted by atomic mass is 16.2. The highest BCUT2D eigenvalue weighted by Crippen LogP contribution is 2.23. The van der Waals surface area contributed by atoms with Gasteiger partial charge in [0.05, 0.1) is 12.2 Å². The lowest BCUT2D eigenvalue weighted by Gasteiger charge is -2.28. The second-order valence-corrected chi connectivity index (χ2v) is 7.06. The molecule has 3 nitrogen and oxygen atoms in total. The molecular weight excluding hydrogens is 260 g/mol. The Kier molecular flexibility index (Phi) is 8.31. The van der Waals surface area contributed by atoms with Crippen molar-refractivity contribution in [3.05, 3.63) is 0 Å². The average molecular weight is 296 g/mol. The van der Waals surface area contributed by atoms with Gasteiger partial charge in [0.25, 0.3) is 0 Å². The van der Waals surface area contributed by atoms with Crippen LogP contribution in [0.3, 0.4) is 0 Å². The molecule has 3 heteroatoms. The van der Waals surface area contributed by atoms with Crippen LogP contribution in [0, 0.1) is 11.8 Å². The summed E-state index contributed by atoms with van der Waals surface area (Å²) in [4.78, 5) is 14.9. The Morgan fingerprint density at radius 2 is 1.90 bits per heavy atom. The van der Waals surface area contributed by atoms with Crippen LogP contribution < -0.4 is 5.32 Å². The minimum atomic E-state index is 0.0465. The molecule has 3 unspecified atom stereocenters. The summed E-state index contributed by atoms with van der Waals surface area (Å²) >= 11 is 0. The standard InChI is InChI=1S/C18H36N2O/c1-6-9-11-15(8-3)13-20-17(10-7-2)19-16(18(20)21)12-14(4)5/h14-17,19H,6-13H2,1-5H3. The predicted molar refractivity (Wildman–Crippen MR) is 90.1 cm³/mol. The molecule has 1 saturated heterocycles. The number of nitrogens with zero attached hydrogens (tertiary/aromatic N) is 1. The van der Waals surface area contributed by atoms with E-state index in [1.54, 1.807) is 0 Å². The van der Waals surface area contributed by atoms with Crippen molar-refractivity contribution >= 4 is 5.91 Å². The van der Waals surface area contributed by atoms with Crippen molar-refractivity contribution in [1.29, 1.82) is 0 Å². The van der Waals surface area contributed by atoms with Gasteiger partial charge in [-0.15, -0.1) is 0 Å². The third-order valence-corrected chi connectivity index (χ3v) is 4.62. The number of hydrogen-bond acceptors (Lipinski definition) is 2. The minimum Gasteiger partial charge on any atom is -0.326 e. The van der Waals surface area contributed by atoms with Crippen molar-refractivity contribution in [1.82, 2.24) is 10.2 Å². The van der Waals surface area contributed by atoms with E-state index < -0.39 is 0 Å². The summed E-state index contributed by atoms with van der Waals surface area (Å²) in [7, 11) is 0. The lowest BCUT2D eigenvalue weighted by atomic mass is 9.98. The highest BCUT2D eigenvalue weighted by molar-refractivity contribution is 5.84. The van der Waals surface area contributed by atoms with Gasteiger partial charge in [0.1, 0.15) is 0 Å². The highest BCUT2D eigenvalue weighted by Gasteiger charge is 2.38. The minimum absolute atomic E-state index is 0.0465. The van der Waals surface area contributed by atoms with Gasteiger partial charge in [-0.1, -0.05) is 60.3 Å². The second kappa shape index (κ2) is 9.45. The Balaban J connectivity index is 2.67. The van der Waals surface area contributed by atoms with Gasteiger partial charge in [-0.25, -0.2) is 0 Å². The first-order chi connectivity index (χ1) is 10.0. The van der Waals surface area contributed by atoms with Crippen LogP contribution in [0.5, 0.6) is 0 Å². The van der Waals surface area contributed by atoms with Gasteiger partial charge in [-0.2, -0.15) is 0 Å². The molecule has 0 aromatic rings. The first-order valence-corrected chi connectivity index (χ1v) is 9.09. The van der Waals surface area contributed by atoms with Crippen molar-refractivity contribution in [3.8, 4) is 0 Å². The largest absolute Gasteiger partial charge is 0.326 e. The quantitative estimate of drug-likeness (QED) is 0.656. The van der Waals surface area contributed by atoms with Gasteiger partial charge < -0.3 is 4.90 Å². The molecule has 21 heavy (non-hydrogen) atoms. The number of unbranched alkanes of at least 4 members (excludes halogenated alkanes) is 1. The molecule has 1 heterocycles. The summed E-state index contributed by atoms with van der Waals surface area (Å²) in [6, 6.07) is 0.0465. The zero-order chi connectivity index (χ0) is 15.8. The molecule has 1 N–H and O–H groups in total. The van der Waals surface area contributed by atoms with E-state index in [1.807, 2.05) is 0 Å². The van der Waals surface area contributed by atoms with Gasteiger partial charge in [0, 0.05) is 6.54 Å². The maximum absolute atomic E-state index is 12.7. The Labute approximate surface area is 131 Å². The van der Waals surface area contributed by atoms with Gasteiger partial charge in [0.15, 0.2) is 0 Å². The van der Waals surface area contributed by atoms with Crippen molar-refractivity contribution in [2.75, 3.05) is 6.54 Å². The number of amides is 1. The molecular formula is C18H36N2O. The van der Waals surface area contributed by atoms with Crippen LogP contribution in [0.1, 0.15) is 79.6 Å². The summed E-state index contributed by atoms with van der Waals surface area (Å²) in [5.74, 6) is 1.57. The molecule has 1 aliphatic rings. The number of carbonyl (C=O) groups excluding carboxylic acids is 1. The molecule has 0 aliphatic carbocycles. The first-order valence-electron chi connectivity index (χ1n) is 9.09. The van der Waals surface area contributed by atoms with Crippen molar-refractivity contribution in [3.63, 3.8) is 0 Å². The maximum atomic E-state index is 12.7. The monoisotopic (exact) mass is 296 g/mol. The van der Waals surface area contributed by atoms with E-state index in [2.05, 4.69) is 44.8 Å². The first kappa shape index (κ1) is 18.5. The zero-order valence-electron chi connectivity index (χ0n) is 14.8. The van der Waals surface area contributed by atoms with Crippen LogP contribution in [-0.2, 0) is 4.79 Å². The number of carbonyl (C=O) groups is 1. The third-order valence-electron chi connectivity index (χ3n) is 4.62. The Morgan fingerprint density at radius 3 is 2.43 bits per heavy atom. The lowest BCUT2D eigenvalue weighted by molar-refractivity contribution is -0.131. The molecule has 1 rings (SSSR count). The van der Waals surface area contributed by atoms with E-state index in [0.717, 1.165) is 25.8 Å². The van der Waals surface area contributed by atoms with Crippen LogP contribution >= 0.6 is 0 Å². The van der Waals surface area contributed by atoms with Crippen LogP contribution in [0.25, 0.3) is 0 Å². The Hall–Kier alpha value is -0.570. The molecule has 1 fully saturated rings. The van der Waals surface area contributed by atoms with Gasteiger partial charge in [0.2, 0.25) is 5.91 Å². The number of nitrogens with one attached hydrogen (secondary N) is 1. The molecule has 124 valence electrons. The Bertz CT molecular complexity index is 304. The topological polar surface area (TPSA) is 32.3 Å². The maximum Gasteiger partial charge on any atom is 0.241 e. The van der Waals surface area contributed by atoms with E-state index in [4.69, 9.17) is 0 Å². The Morgan fingerprint density at radius 1 is 1.19 bits per heavy atom. The fourth-order valence-corrected chi connectivity index (χ4v) is 3.31. The van der Waals surface area contributed by atoms with Crippen molar-refractivity contribution in [2.45, 2.75) is 91.8 Å². The van der Waals surface area contributed by atoms with E-state index in [9.17, 15) is 4.79 Å². The van der Waals surface area contributed by atoms with Crippen molar-refractivity contribution in [2.24, 2.45) is 11.8 Å². The molecule has 0 aromatic carbocycles. The molecule has 1 aliphatic heterocycles. The molecule has 0 spiro atoms. The molecule has 0 aromatic heterocycles. The molecule has 3 atom stereocenters. The van der Waals surface area contributed by atoms with Gasteiger partial charge >= 0.3 is 0 Å². The second-order valence-electron chi connectivity index (χ2n) is 7.06. The summed E-state index contributed by atoms with van der Waals surface area (Å²) in [5.41, 5.74) is 0. The lowest BCUT2D eigenvalue weighted by Crippen LogP contribution is -2.40. The third kappa shape index (κ3) is 5.61. The summed E-state index contributed by atoms with van der Waals surface area (Å²) < 4.78 is 0. The fourth-order valence-electron chi connectivity index (χ4n) is 3.31. The van der Waals surface area contributed by atoms with Gasteiger partial charge in [-0.05, 0) is 31.1 Å². The molecule has 1 amide bonds. The van der Waals surface area contributed by atoms with Crippen LogP contribution in [0.15, 0.2) is 0 Å². The molecule has 0 bridgehead atoms. The summed E-state index contributed by atoms with van der Waals surface area (Å²) in [5, 5.41) is 3.59. The number of rotatable bonds is 10. The average Bonchev–Trinajstić information content (AvgIpc) is 2.71. The number of hydrogen-bond donors (Lipinski definition) is 1. The smallest absolute Gasteiger partial charge is 0.241 e. The van der Waals surface area contributed by atoms with Crippen LogP contribution in [-0.4, -0.2) is 29.6 Å². The van der Waals surface area contributed by atoms with E-state index in [1.165, 1.54) is 25.7 Å². The van der Waals surface area contributed by atoms with Gasteiger partial charge in [-0.3, -0.25) is 10.1 Å².